The van der Waals surface area contributed by atoms with Gasteiger partial charge in [0, 0.05) is 44.4 Å². The fourth-order valence-corrected chi connectivity index (χ4v) is 2.27. The van der Waals surface area contributed by atoms with Gasteiger partial charge in [-0.05, 0) is 6.07 Å². The summed E-state index contributed by atoms with van der Waals surface area (Å²) in [5.74, 6) is -0.644. The summed E-state index contributed by atoms with van der Waals surface area (Å²) in [6.07, 6.45) is 0. The van der Waals surface area contributed by atoms with E-state index in [1.165, 1.54) is 36.2 Å². The Morgan fingerprint density at radius 2 is 2.24 bits per heavy atom. The number of carbonyl (C=O) groups is 2. The molecule has 2 rings (SSSR count). The average molecular weight is 292 g/mol. The summed E-state index contributed by atoms with van der Waals surface area (Å²) in [5.41, 5.74) is 0.0625. The zero-order valence-electron chi connectivity index (χ0n) is 11.5. The van der Waals surface area contributed by atoms with Gasteiger partial charge in [-0.15, -0.1) is 0 Å². The number of nitrogens with zero attached hydrogens (tertiary/aromatic N) is 2. The highest BCUT2D eigenvalue weighted by Crippen LogP contribution is 2.16. The summed E-state index contributed by atoms with van der Waals surface area (Å²) < 4.78 is 0. The Kier molecular flexibility index (Phi) is 4.49. The standard InChI is InChI=1S/C13H16N4O4/c1-14-12(18)11-8-15-5-6-16(11)13(19)9-3-2-4-10(7-9)17(20)21/h2-4,7,11,15H,5-6,8H2,1H3,(H,14,18). The van der Waals surface area contributed by atoms with Gasteiger partial charge in [-0.2, -0.15) is 0 Å². The maximum Gasteiger partial charge on any atom is 0.270 e. The van der Waals surface area contributed by atoms with E-state index >= 15 is 0 Å². The molecular formula is C13H16N4O4. The molecule has 112 valence electrons. The van der Waals surface area contributed by atoms with Crippen molar-refractivity contribution in [3.05, 3.63) is 39.9 Å². The molecule has 0 aromatic heterocycles. The molecule has 1 saturated heterocycles. The van der Waals surface area contributed by atoms with E-state index in [0.29, 0.717) is 19.6 Å². The number of nitro benzene ring substituents is 1. The molecule has 1 aliphatic heterocycles. The number of hydrogen-bond donors (Lipinski definition) is 2. The lowest BCUT2D eigenvalue weighted by atomic mass is 10.1. The van der Waals surface area contributed by atoms with Crippen LogP contribution in [0.5, 0.6) is 0 Å². The first kappa shape index (κ1) is 14.9. The van der Waals surface area contributed by atoms with Crippen molar-refractivity contribution in [3.63, 3.8) is 0 Å². The maximum absolute atomic E-state index is 12.5. The molecule has 0 aliphatic carbocycles. The summed E-state index contributed by atoms with van der Waals surface area (Å²) in [4.78, 5) is 36.0. The number of hydrogen-bond acceptors (Lipinski definition) is 5. The number of carbonyl (C=O) groups excluding carboxylic acids is 2. The number of nitro groups is 1. The Hall–Kier alpha value is -2.48. The fraction of sp³-hybridized carbons (Fsp3) is 0.385. The second-order valence-electron chi connectivity index (χ2n) is 4.64. The molecule has 0 saturated carbocycles. The maximum atomic E-state index is 12.5. The summed E-state index contributed by atoms with van der Waals surface area (Å²) in [6.45, 7) is 1.31. The highest BCUT2D eigenvalue weighted by Gasteiger charge is 2.32. The molecule has 2 amide bonds. The third-order valence-electron chi connectivity index (χ3n) is 3.36. The van der Waals surface area contributed by atoms with Crippen LogP contribution in [0.4, 0.5) is 5.69 Å². The van der Waals surface area contributed by atoms with Crippen LogP contribution in [0, 0.1) is 10.1 Å². The quantitative estimate of drug-likeness (QED) is 0.590. The molecule has 1 fully saturated rings. The van der Waals surface area contributed by atoms with Crippen LogP contribution in [0.15, 0.2) is 24.3 Å². The van der Waals surface area contributed by atoms with E-state index in [1.54, 1.807) is 0 Å². The van der Waals surface area contributed by atoms with Crippen molar-refractivity contribution in [3.8, 4) is 0 Å². The van der Waals surface area contributed by atoms with Crippen LogP contribution >= 0.6 is 0 Å². The zero-order chi connectivity index (χ0) is 15.4. The molecule has 1 atom stereocenters. The first-order valence-corrected chi connectivity index (χ1v) is 6.52. The number of likely N-dealkylation sites (N-methyl/N-ethyl adjacent to an activating group) is 1. The van der Waals surface area contributed by atoms with Crippen molar-refractivity contribution in [2.45, 2.75) is 6.04 Å². The van der Waals surface area contributed by atoms with Crippen molar-refractivity contribution in [2.24, 2.45) is 0 Å². The van der Waals surface area contributed by atoms with Crippen molar-refractivity contribution >= 4 is 17.5 Å². The van der Waals surface area contributed by atoms with Crippen molar-refractivity contribution in [1.82, 2.24) is 15.5 Å². The first-order chi connectivity index (χ1) is 10.0. The summed E-state index contributed by atoms with van der Waals surface area (Å²) in [6, 6.07) is 4.91. The number of amides is 2. The number of non-ortho nitro benzene ring substituents is 1. The lowest BCUT2D eigenvalue weighted by Crippen LogP contribution is -2.59. The van der Waals surface area contributed by atoms with Gasteiger partial charge in [0.15, 0.2) is 0 Å². The van der Waals surface area contributed by atoms with E-state index in [0.717, 1.165) is 0 Å². The molecule has 0 radical (unpaired) electrons. The Morgan fingerprint density at radius 3 is 2.90 bits per heavy atom. The second kappa shape index (κ2) is 6.31. The van der Waals surface area contributed by atoms with Gasteiger partial charge in [0.1, 0.15) is 6.04 Å². The van der Waals surface area contributed by atoms with E-state index in [4.69, 9.17) is 0 Å². The molecule has 1 aliphatic rings. The molecule has 8 nitrogen and oxygen atoms in total. The normalized spacial score (nSPS) is 18.1. The number of piperazine rings is 1. The van der Waals surface area contributed by atoms with Crippen molar-refractivity contribution < 1.29 is 14.5 Å². The van der Waals surface area contributed by atoms with E-state index in [9.17, 15) is 19.7 Å². The molecule has 21 heavy (non-hydrogen) atoms. The number of rotatable bonds is 3. The molecule has 1 aromatic carbocycles. The second-order valence-corrected chi connectivity index (χ2v) is 4.64. The van der Waals surface area contributed by atoms with Crippen LogP contribution < -0.4 is 10.6 Å². The lowest BCUT2D eigenvalue weighted by Gasteiger charge is -2.34. The molecular weight excluding hydrogens is 276 g/mol. The predicted octanol–water partition coefficient (Wildman–Crippen LogP) is -0.245. The van der Waals surface area contributed by atoms with Gasteiger partial charge < -0.3 is 15.5 Å². The van der Waals surface area contributed by atoms with Crippen molar-refractivity contribution in [1.29, 1.82) is 0 Å². The molecule has 1 aromatic rings. The highest BCUT2D eigenvalue weighted by molar-refractivity contribution is 5.98. The Labute approximate surface area is 121 Å². The van der Waals surface area contributed by atoms with Crippen LogP contribution in [-0.2, 0) is 4.79 Å². The van der Waals surface area contributed by atoms with E-state index < -0.39 is 11.0 Å². The zero-order valence-corrected chi connectivity index (χ0v) is 11.5. The summed E-state index contributed by atoms with van der Waals surface area (Å²) in [7, 11) is 1.51. The number of benzene rings is 1. The SMILES string of the molecule is CNC(=O)C1CNCCN1C(=O)c1cccc([N+](=O)[O-])c1. The van der Waals surface area contributed by atoms with Crippen LogP contribution in [0.25, 0.3) is 0 Å². The predicted molar refractivity (Wildman–Crippen MR) is 74.9 cm³/mol. The molecule has 0 bridgehead atoms. The monoisotopic (exact) mass is 292 g/mol. The van der Waals surface area contributed by atoms with E-state index in [2.05, 4.69) is 10.6 Å². The minimum atomic E-state index is -0.615. The van der Waals surface area contributed by atoms with Gasteiger partial charge in [0.05, 0.1) is 4.92 Å². The Morgan fingerprint density at radius 1 is 1.48 bits per heavy atom. The minimum absolute atomic E-state index is 0.146. The van der Waals surface area contributed by atoms with Gasteiger partial charge in [-0.25, -0.2) is 0 Å². The largest absolute Gasteiger partial charge is 0.357 e. The van der Waals surface area contributed by atoms with Gasteiger partial charge in [0.25, 0.3) is 11.6 Å². The van der Waals surface area contributed by atoms with E-state index in [-0.39, 0.29) is 23.1 Å². The molecule has 2 N–H and O–H groups in total. The van der Waals surface area contributed by atoms with Gasteiger partial charge >= 0.3 is 0 Å². The molecule has 8 heteroatoms. The molecule has 1 heterocycles. The molecule has 1 unspecified atom stereocenters. The van der Waals surface area contributed by atoms with E-state index in [1.807, 2.05) is 0 Å². The third-order valence-corrected chi connectivity index (χ3v) is 3.36. The van der Waals surface area contributed by atoms with Crippen LogP contribution in [0.2, 0.25) is 0 Å². The smallest absolute Gasteiger partial charge is 0.270 e. The van der Waals surface area contributed by atoms with Crippen LogP contribution in [-0.4, -0.2) is 54.4 Å². The van der Waals surface area contributed by atoms with Crippen molar-refractivity contribution in [2.75, 3.05) is 26.7 Å². The van der Waals surface area contributed by atoms with Crippen LogP contribution in [0.1, 0.15) is 10.4 Å². The third kappa shape index (κ3) is 3.16. The Balaban J connectivity index is 2.26. The highest BCUT2D eigenvalue weighted by atomic mass is 16.6. The topological polar surface area (TPSA) is 105 Å². The number of nitrogens with one attached hydrogen (secondary N) is 2. The lowest BCUT2D eigenvalue weighted by molar-refractivity contribution is -0.384. The first-order valence-electron chi connectivity index (χ1n) is 6.52. The fourth-order valence-electron chi connectivity index (χ4n) is 2.27. The van der Waals surface area contributed by atoms with Gasteiger partial charge in [-0.1, -0.05) is 6.07 Å². The minimum Gasteiger partial charge on any atom is -0.357 e. The van der Waals surface area contributed by atoms with Gasteiger partial charge in [0.2, 0.25) is 5.91 Å². The summed E-state index contributed by atoms with van der Waals surface area (Å²) >= 11 is 0. The Bertz CT molecular complexity index is 575. The molecule has 0 spiro atoms. The van der Waals surface area contributed by atoms with Gasteiger partial charge in [-0.3, -0.25) is 19.7 Å². The average Bonchev–Trinajstić information content (AvgIpc) is 2.53. The van der Waals surface area contributed by atoms with Crippen LogP contribution in [0.3, 0.4) is 0 Å². The summed E-state index contributed by atoms with van der Waals surface area (Å²) in [5, 5.41) is 16.4.